The Morgan fingerprint density at radius 1 is 1.14 bits per heavy atom. The number of rotatable bonds is 11. The van der Waals surface area contributed by atoms with Crippen LogP contribution in [0.1, 0.15) is 31.9 Å². The van der Waals surface area contributed by atoms with Crippen LogP contribution in [0.5, 0.6) is 0 Å². The van der Waals surface area contributed by atoms with E-state index >= 15 is 0 Å². The molecule has 2 amide bonds. The van der Waals surface area contributed by atoms with E-state index < -0.39 is 35.8 Å². The summed E-state index contributed by atoms with van der Waals surface area (Å²) in [7, 11) is 0. The zero-order chi connectivity index (χ0) is 21.5. The van der Waals surface area contributed by atoms with Crippen LogP contribution >= 0.6 is 0 Å². The van der Waals surface area contributed by atoms with Crippen molar-refractivity contribution in [1.29, 1.82) is 0 Å². The number of hydrogen-bond acceptors (Lipinski definition) is 7. The van der Waals surface area contributed by atoms with Crippen LogP contribution in [0.15, 0.2) is 12.5 Å². The van der Waals surface area contributed by atoms with E-state index in [1.165, 1.54) is 12.5 Å². The molecule has 1 aromatic rings. The Morgan fingerprint density at radius 2 is 1.76 bits per heavy atom. The predicted molar refractivity (Wildman–Crippen MR) is 99.1 cm³/mol. The van der Waals surface area contributed by atoms with Gasteiger partial charge in [-0.15, -0.1) is 0 Å². The van der Waals surface area contributed by atoms with Crippen LogP contribution in [0.4, 0.5) is 0 Å². The number of amides is 2. The number of hydrogen-bond donors (Lipinski definition) is 7. The minimum atomic E-state index is -1.13. The number of nitrogens with zero attached hydrogens (tertiary/aromatic N) is 1. The van der Waals surface area contributed by atoms with Gasteiger partial charge in [-0.3, -0.25) is 14.4 Å². The molecule has 1 rings (SSSR count). The van der Waals surface area contributed by atoms with Gasteiger partial charge < -0.3 is 37.3 Å². The minimum absolute atomic E-state index is 0. The van der Waals surface area contributed by atoms with Crippen LogP contribution < -0.4 is 22.1 Å². The van der Waals surface area contributed by atoms with Crippen LogP contribution in [0, 0.1) is 0 Å². The Bertz CT molecular complexity index is 623. The molecule has 1 heterocycles. The molecule has 2 atom stereocenters. The number of carbonyl (C=O) groups excluding carboxylic acids is 2. The summed E-state index contributed by atoms with van der Waals surface area (Å²) in [5.74, 6) is -3.07. The third-order valence-corrected chi connectivity index (χ3v) is 3.38. The largest absolute Gasteiger partial charge is 2.00 e. The second kappa shape index (κ2) is 16.5. The fourth-order valence-electron chi connectivity index (χ4n) is 2.10. The van der Waals surface area contributed by atoms with E-state index in [1.54, 1.807) is 0 Å². The molecule has 0 aliphatic carbocycles. The van der Waals surface area contributed by atoms with Gasteiger partial charge in [0.25, 0.3) is 5.97 Å². The second-order valence-electron chi connectivity index (χ2n) is 5.81. The first-order chi connectivity index (χ1) is 13.2. The summed E-state index contributed by atoms with van der Waals surface area (Å²) in [6, 6.07) is -1.99. The molecule has 0 aliphatic heterocycles. The Kier molecular flexibility index (Phi) is 16.3. The van der Waals surface area contributed by atoms with Gasteiger partial charge in [-0.25, -0.2) is 9.78 Å². The van der Waals surface area contributed by atoms with E-state index in [0.717, 1.165) is 6.92 Å². The molecule has 0 fully saturated rings. The molecule has 0 spiro atoms. The Hall–Kier alpha value is -2.47. The van der Waals surface area contributed by atoms with Crippen LogP contribution in [0.25, 0.3) is 0 Å². The van der Waals surface area contributed by atoms with Crippen LogP contribution in [0.2, 0.25) is 0 Å². The van der Waals surface area contributed by atoms with Crippen molar-refractivity contribution in [1.82, 2.24) is 20.6 Å². The number of nitrogens with two attached hydrogens (primary N) is 2. The summed E-state index contributed by atoms with van der Waals surface area (Å²) in [6.07, 6.45) is 4.62. The van der Waals surface area contributed by atoms with Gasteiger partial charge in [-0.05, 0) is 25.8 Å². The first kappa shape index (κ1) is 28.7. The second-order valence-corrected chi connectivity index (χ2v) is 5.81. The average molecular weight is 464 g/mol. The SMILES string of the molecule is CC(=O)O.NCCCCC(NC(=O)C(Cc1cnc[nH]1)NC(=O)CN)C(=O)O.[Cu+2]. The van der Waals surface area contributed by atoms with Gasteiger partial charge >= 0.3 is 23.0 Å². The van der Waals surface area contributed by atoms with E-state index in [0.29, 0.717) is 25.1 Å². The smallest absolute Gasteiger partial charge is 0.481 e. The van der Waals surface area contributed by atoms with Gasteiger partial charge in [0.1, 0.15) is 12.1 Å². The van der Waals surface area contributed by atoms with E-state index in [1.807, 2.05) is 0 Å². The summed E-state index contributed by atoms with van der Waals surface area (Å²) < 4.78 is 0. The molecule has 9 N–H and O–H groups in total. The molecule has 29 heavy (non-hydrogen) atoms. The van der Waals surface area contributed by atoms with Gasteiger partial charge in [0, 0.05) is 25.2 Å². The number of carboxylic acids is 2. The molecule has 0 saturated carbocycles. The number of unbranched alkanes of at least 4 members (excludes halogenated alkanes) is 1. The molecular weight excluding hydrogens is 436 g/mol. The summed E-state index contributed by atoms with van der Waals surface area (Å²) >= 11 is 0. The molecule has 2 unspecified atom stereocenters. The normalized spacial score (nSPS) is 11.7. The van der Waals surface area contributed by atoms with Crippen molar-refractivity contribution in [2.75, 3.05) is 13.1 Å². The van der Waals surface area contributed by atoms with Gasteiger partial charge in [-0.1, -0.05) is 0 Å². The number of aliphatic carboxylic acids is 2. The molecule has 13 heteroatoms. The van der Waals surface area contributed by atoms with E-state index in [4.69, 9.17) is 21.4 Å². The van der Waals surface area contributed by atoms with Gasteiger partial charge in [0.05, 0.1) is 12.9 Å². The maximum Gasteiger partial charge on any atom is 2.00 e. The average Bonchev–Trinajstić information content (AvgIpc) is 3.12. The third-order valence-electron chi connectivity index (χ3n) is 3.38. The standard InChI is InChI=1S/C14H24N6O4.C2H4O2.Cu/c15-4-2-1-3-10(14(23)24)20-13(22)11(19-12(21)6-16)5-9-7-17-8-18-9;1-2(3)4;/h7-8,10-11H,1-6,15-16H2,(H,17,18)(H,19,21)(H,20,22)(H,23,24);1H3,(H,3,4);/q;;+2. The predicted octanol–water partition coefficient (Wildman–Crippen LogP) is -1.82. The topological polar surface area (TPSA) is 214 Å². The third kappa shape index (κ3) is 14.2. The molecule has 0 aliphatic rings. The molecule has 0 bridgehead atoms. The van der Waals surface area contributed by atoms with Crippen LogP contribution in [-0.2, 0) is 42.7 Å². The van der Waals surface area contributed by atoms with E-state index in [2.05, 4.69) is 20.6 Å². The zero-order valence-electron chi connectivity index (χ0n) is 16.0. The Labute approximate surface area is 178 Å². The van der Waals surface area contributed by atoms with Crippen LogP contribution in [0.3, 0.4) is 0 Å². The van der Waals surface area contributed by atoms with Crippen molar-refractivity contribution in [3.05, 3.63) is 18.2 Å². The van der Waals surface area contributed by atoms with Crippen molar-refractivity contribution in [2.24, 2.45) is 11.5 Å². The monoisotopic (exact) mass is 463 g/mol. The van der Waals surface area contributed by atoms with Gasteiger partial charge in [0.15, 0.2) is 0 Å². The number of nitrogens with one attached hydrogen (secondary N) is 3. The van der Waals surface area contributed by atoms with Crippen LogP contribution in [-0.4, -0.2) is 69.1 Å². The quantitative estimate of drug-likeness (QED) is 0.145. The summed E-state index contributed by atoms with van der Waals surface area (Å²) in [4.78, 5) is 50.8. The zero-order valence-corrected chi connectivity index (χ0v) is 16.9. The maximum absolute atomic E-state index is 12.4. The maximum atomic E-state index is 12.4. The number of imidazole rings is 1. The molecular formula is C16H28CuN6O6+2. The number of aromatic nitrogens is 2. The first-order valence-corrected chi connectivity index (χ1v) is 8.60. The van der Waals surface area contributed by atoms with Crippen molar-refractivity contribution in [3.63, 3.8) is 0 Å². The number of H-pyrrole nitrogens is 1. The summed E-state index contributed by atoms with van der Waals surface area (Å²) in [6.45, 7) is 1.26. The van der Waals surface area contributed by atoms with Crippen molar-refractivity contribution in [2.45, 2.75) is 44.7 Å². The fourth-order valence-corrected chi connectivity index (χ4v) is 2.10. The van der Waals surface area contributed by atoms with Gasteiger partial charge in [-0.2, -0.15) is 0 Å². The molecule has 167 valence electrons. The van der Waals surface area contributed by atoms with Crippen molar-refractivity contribution in [3.8, 4) is 0 Å². The number of aromatic amines is 1. The van der Waals surface area contributed by atoms with Gasteiger partial charge in [0.2, 0.25) is 11.8 Å². The number of carboxylic acid groups (broad SMARTS) is 2. The summed E-state index contributed by atoms with van der Waals surface area (Å²) in [5.41, 5.74) is 11.3. The molecule has 1 aromatic heterocycles. The minimum Gasteiger partial charge on any atom is -0.481 e. The molecule has 1 radical (unpaired) electrons. The Morgan fingerprint density at radius 3 is 2.21 bits per heavy atom. The first-order valence-electron chi connectivity index (χ1n) is 8.60. The molecule has 0 aromatic carbocycles. The fraction of sp³-hybridized carbons (Fsp3) is 0.562. The van der Waals surface area contributed by atoms with Crippen molar-refractivity contribution >= 4 is 23.8 Å². The van der Waals surface area contributed by atoms with E-state index in [9.17, 15) is 19.5 Å². The van der Waals surface area contributed by atoms with E-state index in [-0.39, 0.29) is 36.5 Å². The number of carbonyl (C=O) groups is 4. The van der Waals surface area contributed by atoms with Crippen molar-refractivity contribution < 1.29 is 46.5 Å². The Balaban J connectivity index is 0. The molecule has 12 nitrogen and oxygen atoms in total. The summed E-state index contributed by atoms with van der Waals surface area (Å²) in [5, 5.41) is 21.6. The molecule has 0 saturated heterocycles.